The molecule has 18 heavy (non-hydrogen) atoms. The number of ether oxygens (including phenoxy) is 1. The number of amides is 2. The molecule has 102 valence electrons. The van der Waals surface area contributed by atoms with E-state index in [1.54, 1.807) is 4.90 Å². The van der Waals surface area contributed by atoms with Gasteiger partial charge < -0.3 is 14.5 Å². The number of hydrogen-bond acceptors (Lipinski definition) is 4. The van der Waals surface area contributed by atoms with Crippen molar-refractivity contribution in [3.8, 4) is 0 Å². The lowest BCUT2D eigenvalue weighted by Gasteiger charge is -2.26. The van der Waals surface area contributed by atoms with Gasteiger partial charge in [-0.3, -0.25) is 9.59 Å². The summed E-state index contributed by atoms with van der Waals surface area (Å²) < 4.78 is 5.33. The van der Waals surface area contributed by atoms with Gasteiger partial charge in [-0.25, -0.2) is 0 Å². The molecule has 2 heterocycles. The zero-order chi connectivity index (χ0) is 13.0. The molecular weight excluding hydrogens is 252 g/mol. The summed E-state index contributed by atoms with van der Waals surface area (Å²) in [7, 11) is 0. The Morgan fingerprint density at radius 3 is 3.00 bits per heavy atom. The molecule has 2 amide bonds. The average Bonchev–Trinajstić information content (AvgIpc) is 2.99. The Balaban J connectivity index is 1.82. The molecule has 0 aromatic heterocycles. The molecule has 2 fully saturated rings. The van der Waals surface area contributed by atoms with Crippen molar-refractivity contribution >= 4 is 22.9 Å². The van der Waals surface area contributed by atoms with Crippen LogP contribution in [0.15, 0.2) is 0 Å². The van der Waals surface area contributed by atoms with Gasteiger partial charge in [-0.1, -0.05) is 11.8 Å². The Morgan fingerprint density at radius 2 is 2.44 bits per heavy atom. The molecule has 0 N–H and O–H groups in total. The maximum Gasteiger partial charge on any atom is 0.282 e. The van der Waals surface area contributed by atoms with Gasteiger partial charge in [-0.2, -0.15) is 0 Å². The number of nitrogens with zero attached hydrogens (tertiary/aromatic N) is 2. The van der Waals surface area contributed by atoms with Crippen LogP contribution in [0, 0.1) is 5.92 Å². The fraction of sp³-hybridized carbons (Fsp3) is 0.833. The van der Waals surface area contributed by atoms with Gasteiger partial charge in [0.25, 0.3) is 5.24 Å². The molecule has 2 aliphatic rings. The average molecular weight is 272 g/mol. The van der Waals surface area contributed by atoms with E-state index < -0.39 is 0 Å². The molecule has 5 nitrogen and oxygen atoms in total. The van der Waals surface area contributed by atoms with Crippen LogP contribution in [0.5, 0.6) is 0 Å². The molecule has 0 aliphatic carbocycles. The predicted molar refractivity (Wildman–Crippen MR) is 70.6 cm³/mol. The summed E-state index contributed by atoms with van der Waals surface area (Å²) in [5, 5.41) is 0.0311. The Kier molecular flexibility index (Phi) is 4.88. The first-order valence-electron chi connectivity index (χ1n) is 6.48. The van der Waals surface area contributed by atoms with Crippen molar-refractivity contribution in [3.63, 3.8) is 0 Å². The van der Waals surface area contributed by atoms with Gasteiger partial charge in [0, 0.05) is 37.9 Å². The Hall–Kier alpha value is -0.750. The monoisotopic (exact) mass is 272 g/mol. The fourth-order valence-corrected chi connectivity index (χ4v) is 3.10. The Morgan fingerprint density at radius 1 is 1.61 bits per heavy atom. The van der Waals surface area contributed by atoms with Crippen LogP contribution in [0.25, 0.3) is 0 Å². The minimum Gasteiger partial charge on any atom is -0.381 e. The van der Waals surface area contributed by atoms with Gasteiger partial charge in [0.05, 0.1) is 6.61 Å². The number of hydrogen-bond donors (Lipinski definition) is 0. The maximum absolute atomic E-state index is 12.1. The molecule has 2 aliphatic heterocycles. The van der Waals surface area contributed by atoms with Gasteiger partial charge >= 0.3 is 0 Å². The van der Waals surface area contributed by atoms with Gasteiger partial charge in [0.15, 0.2) is 0 Å². The maximum atomic E-state index is 12.1. The van der Waals surface area contributed by atoms with E-state index >= 15 is 0 Å². The van der Waals surface area contributed by atoms with E-state index in [4.69, 9.17) is 4.74 Å². The second-order valence-electron chi connectivity index (χ2n) is 4.70. The summed E-state index contributed by atoms with van der Waals surface area (Å²) in [5.74, 6) is 1.31. The third kappa shape index (κ3) is 3.38. The van der Waals surface area contributed by atoms with Crippen molar-refractivity contribution in [2.24, 2.45) is 5.92 Å². The number of rotatable bonds is 5. The molecule has 0 unspecified atom stereocenters. The summed E-state index contributed by atoms with van der Waals surface area (Å²) in [4.78, 5) is 27.1. The number of thioether (sulfide) groups is 1. The third-order valence-electron chi connectivity index (χ3n) is 3.41. The minimum atomic E-state index is 0.0311. The first-order chi connectivity index (χ1) is 8.70. The predicted octanol–water partition coefficient (Wildman–Crippen LogP) is 1.04. The highest BCUT2D eigenvalue weighted by Crippen LogP contribution is 2.18. The zero-order valence-corrected chi connectivity index (χ0v) is 11.6. The van der Waals surface area contributed by atoms with Crippen molar-refractivity contribution in [1.82, 2.24) is 9.80 Å². The van der Waals surface area contributed by atoms with E-state index in [1.807, 2.05) is 11.8 Å². The number of carbonyl (C=O) groups excluding carboxylic acids is 2. The molecule has 0 radical (unpaired) electrons. The van der Waals surface area contributed by atoms with Crippen LogP contribution in [0.3, 0.4) is 0 Å². The molecule has 0 bridgehead atoms. The van der Waals surface area contributed by atoms with E-state index in [0.717, 1.165) is 31.9 Å². The van der Waals surface area contributed by atoms with Crippen molar-refractivity contribution in [3.05, 3.63) is 0 Å². The van der Waals surface area contributed by atoms with Crippen molar-refractivity contribution in [2.75, 3.05) is 45.1 Å². The highest BCUT2D eigenvalue weighted by molar-refractivity contribution is 8.13. The van der Waals surface area contributed by atoms with E-state index in [9.17, 15) is 9.59 Å². The molecule has 0 spiro atoms. The van der Waals surface area contributed by atoms with Gasteiger partial charge in [-0.05, 0) is 13.3 Å². The molecule has 0 aromatic carbocycles. The zero-order valence-electron chi connectivity index (χ0n) is 10.8. The molecular formula is C12H20N2O3S. The molecule has 0 aromatic rings. The Labute approximate surface area is 112 Å². The molecule has 6 heteroatoms. The second kappa shape index (κ2) is 6.43. The number of carbonyl (C=O) groups is 2. The second-order valence-corrected chi connectivity index (χ2v) is 5.74. The van der Waals surface area contributed by atoms with Crippen LogP contribution in [0.4, 0.5) is 4.79 Å². The summed E-state index contributed by atoms with van der Waals surface area (Å²) in [5.41, 5.74) is 0. The van der Waals surface area contributed by atoms with Crippen molar-refractivity contribution in [2.45, 2.75) is 13.3 Å². The standard InChI is InChI=1S/C12H20N2O3S/c1-2-13(7-10-3-5-17-9-10)11(15)8-14-4-6-18-12(14)16/h10H,2-9H2,1H3/t10-/m1/s1. The van der Waals surface area contributed by atoms with E-state index in [2.05, 4.69) is 0 Å². The smallest absolute Gasteiger partial charge is 0.282 e. The SMILES string of the molecule is CCN(C[C@H]1CCOC1)C(=O)CN1CCSC1=O. The lowest BCUT2D eigenvalue weighted by atomic mass is 10.1. The van der Waals surface area contributed by atoms with Crippen LogP contribution in [-0.4, -0.2) is 66.1 Å². The molecule has 2 saturated heterocycles. The normalized spacial score (nSPS) is 23.7. The van der Waals surface area contributed by atoms with Crippen LogP contribution >= 0.6 is 11.8 Å². The van der Waals surface area contributed by atoms with Crippen molar-refractivity contribution in [1.29, 1.82) is 0 Å². The van der Waals surface area contributed by atoms with Gasteiger partial charge in [0.2, 0.25) is 5.91 Å². The summed E-state index contributed by atoms with van der Waals surface area (Å²) in [6.45, 7) is 5.91. The molecule has 1 atom stereocenters. The Bertz CT molecular complexity index is 318. The highest BCUT2D eigenvalue weighted by atomic mass is 32.2. The minimum absolute atomic E-state index is 0.0311. The highest BCUT2D eigenvalue weighted by Gasteiger charge is 2.27. The first-order valence-corrected chi connectivity index (χ1v) is 7.46. The largest absolute Gasteiger partial charge is 0.381 e. The van der Waals surface area contributed by atoms with Gasteiger partial charge in [-0.15, -0.1) is 0 Å². The van der Waals surface area contributed by atoms with Crippen LogP contribution in [0.1, 0.15) is 13.3 Å². The third-order valence-corrected chi connectivity index (χ3v) is 4.30. The van der Waals surface area contributed by atoms with Gasteiger partial charge in [0.1, 0.15) is 6.54 Å². The van der Waals surface area contributed by atoms with Crippen LogP contribution in [0.2, 0.25) is 0 Å². The lowest BCUT2D eigenvalue weighted by molar-refractivity contribution is -0.132. The van der Waals surface area contributed by atoms with Crippen LogP contribution < -0.4 is 0 Å². The number of likely N-dealkylation sites (N-methyl/N-ethyl adjacent to an activating group) is 1. The molecule has 0 saturated carbocycles. The quantitative estimate of drug-likeness (QED) is 0.750. The molecule has 2 rings (SSSR count). The first kappa shape index (κ1) is 13.7. The van der Waals surface area contributed by atoms with E-state index in [-0.39, 0.29) is 17.7 Å². The summed E-state index contributed by atoms with van der Waals surface area (Å²) in [6.07, 6.45) is 1.03. The van der Waals surface area contributed by atoms with Crippen molar-refractivity contribution < 1.29 is 14.3 Å². The van der Waals surface area contributed by atoms with E-state index in [0.29, 0.717) is 19.0 Å². The van der Waals surface area contributed by atoms with Crippen LogP contribution in [-0.2, 0) is 9.53 Å². The lowest BCUT2D eigenvalue weighted by Crippen LogP contribution is -2.42. The summed E-state index contributed by atoms with van der Waals surface area (Å²) >= 11 is 1.30. The topological polar surface area (TPSA) is 49.9 Å². The van der Waals surface area contributed by atoms with E-state index in [1.165, 1.54) is 11.8 Å². The summed E-state index contributed by atoms with van der Waals surface area (Å²) in [6, 6.07) is 0. The fourth-order valence-electron chi connectivity index (χ4n) is 2.28.